The summed E-state index contributed by atoms with van der Waals surface area (Å²) in [5.74, 6) is 0.314. The molecule has 3 aromatic carbocycles. The van der Waals surface area contributed by atoms with Gasteiger partial charge in [-0.1, -0.05) is 48.5 Å². The van der Waals surface area contributed by atoms with Crippen molar-refractivity contribution in [3.63, 3.8) is 0 Å². The van der Waals surface area contributed by atoms with Crippen LogP contribution in [0, 0.1) is 17.1 Å². The summed E-state index contributed by atoms with van der Waals surface area (Å²) in [6.45, 7) is 6.79. The van der Waals surface area contributed by atoms with E-state index in [1.807, 2.05) is 49.4 Å². The molecule has 6 heteroatoms. The van der Waals surface area contributed by atoms with Crippen LogP contribution in [0.4, 0.5) is 4.39 Å². The molecule has 5 nitrogen and oxygen atoms in total. The lowest BCUT2D eigenvalue weighted by molar-refractivity contribution is -0.117. The molecule has 3 aromatic rings. The first-order valence-corrected chi connectivity index (χ1v) is 12.3. The number of ether oxygens (including phenoxy) is 2. The number of carbonyl (C=O) groups excluding carboxylic acids is 1. The summed E-state index contributed by atoms with van der Waals surface area (Å²) in [5.41, 5.74) is 3.47. The maximum atomic E-state index is 13.2. The highest BCUT2D eigenvalue weighted by atomic mass is 19.1. The molecule has 0 saturated carbocycles. The van der Waals surface area contributed by atoms with Gasteiger partial charge in [-0.3, -0.25) is 4.79 Å². The van der Waals surface area contributed by atoms with Gasteiger partial charge in [-0.15, -0.1) is 6.58 Å². The smallest absolute Gasteiger partial charge is 0.261 e. The minimum atomic E-state index is -0.421. The van der Waals surface area contributed by atoms with E-state index in [-0.39, 0.29) is 18.0 Å². The molecule has 0 radical (unpaired) electrons. The molecule has 0 saturated heterocycles. The molecule has 1 N–H and O–H groups in total. The molecular formula is C31H31FN2O3. The Morgan fingerprint density at radius 1 is 1.08 bits per heavy atom. The third-order valence-corrected chi connectivity index (χ3v) is 5.56. The van der Waals surface area contributed by atoms with Crippen LogP contribution in [0.5, 0.6) is 11.5 Å². The van der Waals surface area contributed by atoms with Crippen LogP contribution < -0.4 is 14.8 Å². The molecule has 0 heterocycles. The number of nitrogens with zero attached hydrogens (tertiary/aromatic N) is 1. The maximum Gasteiger partial charge on any atom is 0.261 e. The fraction of sp³-hybridized carbons (Fsp3) is 0.226. The van der Waals surface area contributed by atoms with Gasteiger partial charge < -0.3 is 14.8 Å². The molecule has 0 aliphatic rings. The van der Waals surface area contributed by atoms with Crippen molar-refractivity contribution in [1.82, 2.24) is 5.32 Å². The van der Waals surface area contributed by atoms with Gasteiger partial charge in [0.05, 0.1) is 6.61 Å². The number of amides is 1. The molecule has 0 spiro atoms. The summed E-state index contributed by atoms with van der Waals surface area (Å²) >= 11 is 0. The lowest BCUT2D eigenvalue weighted by atomic mass is 10.0. The van der Waals surface area contributed by atoms with Crippen molar-refractivity contribution in [2.75, 3.05) is 13.2 Å². The van der Waals surface area contributed by atoms with Crippen LogP contribution >= 0.6 is 0 Å². The third-order valence-electron chi connectivity index (χ3n) is 5.56. The highest BCUT2D eigenvalue weighted by molar-refractivity contribution is 6.01. The number of nitrogens with one attached hydrogen (secondary N) is 1. The Balaban J connectivity index is 1.76. The zero-order chi connectivity index (χ0) is 26.5. The Labute approximate surface area is 217 Å². The van der Waals surface area contributed by atoms with Gasteiger partial charge in [-0.05, 0) is 73.2 Å². The van der Waals surface area contributed by atoms with E-state index < -0.39 is 5.91 Å². The monoisotopic (exact) mass is 498 g/mol. The maximum absolute atomic E-state index is 13.2. The molecule has 0 unspecified atom stereocenters. The van der Waals surface area contributed by atoms with E-state index in [1.165, 1.54) is 17.7 Å². The molecule has 0 aliphatic carbocycles. The standard InChI is InChI=1S/C31H31FN2O3/c1-3-9-26-18-25(19-27(21-33)31(35)34-17-8-12-23-10-6-5-7-11-23)20-29(36-4-2)30(26)37-22-24-13-15-28(32)16-14-24/h3,5-7,10-11,13-16,18-20H,1,4,8-9,12,17,22H2,2H3,(H,34,35)/b27-19-. The van der Waals surface area contributed by atoms with Crippen LogP contribution in [0.1, 0.15) is 35.6 Å². The van der Waals surface area contributed by atoms with E-state index in [1.54, 1.807) is 30.4 Å². The summed E-state index contributed by atoms with van der Waals surface area (Å²) in [7, 11) is 0. The lowest BCUT2D eigenvalue weighted by Crippen LogP contribution is -2.25. The van der Waals surface area contributed by atoms with Crippen LogP contribution in [0.15, 0.2) is 85.0 Å². The zero-order valence-corrected chi connectivity index (χ0v) is 21.0. The number of hydrogen-bond donors (Lipinski definition) is 1. The van der Waals surface area contributed by atoms with Crippen LogP contribution in [-0.2, 0) is 24.2 Å². The zero-order valence-electron chi connectivity index (χ0n) is 21.0. The second-order valence-corrected chi connectivity index (χ2v) is 8.36. The molecule has 37 heavy (non-hydrogen) atoms. The summed E-state index contributed by atoms with van der Waals surface area (Å²) in [6.07, 6.45) is 5.40. The molecule has 0 aromatic heterocycles. The SMILES string of the molecule is C=CCc1cc(/C=C(/C#N)C(=O)NCCCc2ccccc2)cc(OCC)c1OCc1ccc(F)cc1. The first-order chi connectivity index (χ1) is 18.0. The fourth-order valence-corrected chi connectivity index (χ4v) is 3.79. The van der Waals surface area contributed by atoms with Crippen molar-refractivity contribution in [3.05, 3.63) is 113 Å². The van der Waals surface area contributed by atoms with Crippen molar-refractivity contribution in [2.24, 2.45) is 0 Å². The fourth-order valence-electron chi connectivity index (χ4n) is 3.79. The number of rotatable bonds is 13. The minimum absolute atomic E-state index is 0.00620. The van der Waals surface area contributed by atoms with Crippen molar-refractivity contribution in [3.8, 4) is 17.6 Å². The number of halogens is 1. The van der Waals surface area contributed by atoms with Crippen LogP contribution in [-0.4, -0.2) is 19.1 Å². The van der Waals surface area contributed by atoms with Gasteiger partial charge in [0, 0.05) is 12.1 Å². The normalized spacial score (nSPS) is 10.9. The Kier molecular flexibility index (Phi) is 10.5. The summed E-state index contributed by atoms with van der Waals surface area (Å²) in [4.78, 5) is 12.7. The average molecular weight is 499 g/mol. The number of benzene rings is 3. The van der Waals surface area contributed by atoms with Crippen LogP contribution in [0.3, 0.4) is 0 Å². The Morgan fingerprint density at radius 3 is 2.51 bits per heavy atom. The summed E-state index contributed by atoms with van der Waals surface area (Å²) < 4.78 is 25.2. The molecule has 0 atom stereocenters. The Morgan fingerprint density at radius 2 is 1.84 bits per heavy atom. The van der Waals surface area contributed by atoms with E-state index in [0.29, 0.717) is 36.6 Å². The predicted molar refractivity (Wildman–Crippen MR) is 144 cm³/mol. The van der Waals surface area contributed by atoms with Crippen molar-refractivity contribution >= 4 is 12.0 Å². The van der Waals surface area contributed by atoms with E-state index in [4.69, 9.17) is 9.47 Å². The van der Waals surface area contributed by atoms with Crippen molar-refractivity contribution in [2.45, 2.75) is 32.8 Å². The molecule has 0 fully saturated rings. The van der Waals surface area contributed by atoms with Gasteiger partial charge >= 0.3 is 0 Å². The number of aryl methyl sites for hydroxylation is 1. The van der Waals surface area contributed by atoms with Gasteiger partial charge in [0.25, 0.3) is 5.91 Å². The van der Waals surface area contributed by atoms with Gasteiger partial charge in [0.1, 0.15) is 24.1 Å². The van der Waals surface area contributed by atoms with E-state index in [9.17, 15) is 14.4 Å². The molecule has 0 bridgehead atoms. The lowest BCUT2D eigenvalue weighted by Gasteiger charge is -2.17. The van der Waals surface area contributed by atoms with Crippen LogP contribution in [0.25, 0.3) is 6.08 Å². The van der Waals surface area contributed by atoms with Gasteiger partial charge in [0.2, 0.25) is 0 Å². The predicted octanol–water partition coefficient (Wildman–Crippen LogP) is 6.19. The minimum Gasteiger partial charge on any atom is -0.490 e. The number of allylic oxidation sites excluding steroid dienone is 1. The quantitative estimate of drug-likeness (QED) is 0.132. The topological polar surface area (TPSA) is 71.4 Å². The second-order valence-electron chi connectivity index (χ2n) is 8.36. The van der Waals surface area contributed by atoms with Gasteiger partial charge in [-0.25, -0.2) is 4.39 Å². The number of nitriles is 1. The Bertz CT molecular complexity index is 1260. The molecule has 190 valence electrons. The number of carbonyl (C=O) groups is 1. The Hall–Kier alpha value is -4.37. The van der Waals surface area contributed by atoms with E-state index in [0.717, 1.165) is 24.0 Å². The third kappa shape index (κ3) is 8.36. The van der Waals surface area contributed by atoms with E-state index >= 15 is 0 Å². The average Bonchev–Trinajstić information content (AvgIpc) is 2.91. The largest absolute Gasteiger partial charge is 0.490 e. The first kappa shape index (κ1) is 27.2. The summed E-state index contributed by atoms with van der Waals surface area (Å²) in [6, 6.07) is 21.7. The number of hydrogen-bond acceptors (Lipinski definition) is 4. The first-order valence-electron chi connectivity index (χ1n) is 12.3. The highest BCUT2D eigenvalue weighted by Crippen LogP contribution is 2.35. The molecule has 3 rings (SSSR count). The molecule has 0 aliphatic heterocycles. The van der Waals surface area contributed by atoms with Gasteiger partial charge in [0.15, 0.2) is 11.5 Å². The van der Waals surface area contributed by atoms with Crippen LogP contribution in [0.2, 0.25) is 0 Å². The second kappa shape index (κ2) is 14.3. The molecule has 1 amide bonds. The van der Waals surface area contributed by atoms with E-state index in [2.05, 4.69) is 11.9 Å². The van der Waals surface area contributed by atoms with Crippen molar-refractivity contribution < 1.29 is 18.7 Å². The molecular weight excluding hydrogens is 467 g/mol. The van der Waals surface area contributed by atoms with Crippen molar-refractivity contribution in [1.29, 1.82) is 5.26 Å². The summed E-state index contributed by atoms with van der Waals surface area (Å²) in [5, 5.41) is 12.5. The highest BCUT2D eigenvalue weighted by Gasteiger charge is 2.15. The van der Waals surface area contributed by atoms with Gasteiger partial charge in [-0.2, -0.15) is 5.26 Å².